The van der Waals surface area contributed by atoms with Gasteiger partial charge >= 0.3 is 12.2 Å². The van der Waals surface area contributed by atoms with Crippen molar-refractivity contribution in [3.63, 3.8) is 0 Å². The van der Waals surface area contributed by atoms with Crippen molar-refractivity contribution >= 4 is 23.7 Å². The monoisotopic (exact) mass is 468 g/mol. The largest absolute Gasteiger partial charge is 0.418 e. The Morgan fingerprint density at radius 2 is 1.84 bits per heavy atom. The van der Waals surface area contributed by atoms with Crippen molar-refractivity contribution in [3.05, 3.63) is 35.7 Å². The van der Waals surface area contributed by atoms with Gasteiger partial charge in [0.15, 0.2) is 11.0 Å². The predicted octanol–water partition coefficient (Wildman–Crippen LogP) is 2.92. The van der Waals surface area contributed by atoms with E-state index in [-0.39, 0.29) is 23.1 Å². The molecule has 2 aliphatic heterocycles. The van der Waals surface area contributed by atoms with E-state index in [1.165, 1.54) is 22.8 Å². The minimum absolute atomic E-state index is 0.0779. The van der Waals surface area contributed by atoms with Gasteiger partial charge < -0.3 is 5.32 Å². The number of imide groups is 1. The van der Waals surface area contributed by atoms with Crippen LogP contribution >= 0.6 is 11.8 Å². The summed E-state index contributed by atoms with van der Waals surface area (Å²) < 4.78 is 42.6. The molecular formula is C20H23F3N6O2S. The summed E-state index contributed by atoms with van der Waals surface area (Å²) in [7, 11) is 0. The molecule has 172 valence electrons. The molecule has 3 amide bonds. The standard InChI is InChI=1S/C20H23F3N6O2S/c21-20(22,23)14-6-2-3-7-15(14)29-16(12-27-9-4-1-5-10-27)25-26-19(29)32-13-17(30)28-11-8-24-18(28)31/h2-3,6-7H,1,4-5,8-13H2,(H,24,31). The second kappa shape index (κ2) is 9.49. The van der Waals surface area contributed by atoms with Crippen molar-refractivity contribution in [2.75, 3.05) is 31.9 Å². The van der Waals surface area contributed by atoms with Gasteiger partial charge in [0.2, 0.25) is 5.91 Å². The number of carbonyl (C=O) groups is 2. The van der Waals surface area contributed by atoms with Crippen LogP contribution in [0.15, 0.2) is 29.4 Å². The molecule has 1 aromatic carbocycles. The van der Waals surface area contributed by atoms with Crippen molar-refractivity contribution in [1.82, 2.24) is 29.9 Å². The Labute approximate surface area is 187 Å². The summed E-state index contributed by atoms with van der Waals surface area (Å²) in [5.41, 5.74) is -0.877. The number of alkyl halides is 3. The number of amides is 3. The highest BCUT2D eigenvalue weighted by Gasteiger charge is 2.35. The molecule has 1 N–H and O–H groups in total. The molecule has 4 rings (SSSR count). The number of para-hydroxylation sites is 1. The lowest BCUT2D eigenvalue weighted by molar-refractivity contribution is -0.137. The zero-order chi connectivity index (χ0) is 22.7. The van der Waals surface area contributed by atoms with Gasteiger partial charge in [-0.25, -0.2) is 4.79 Å². The van der Waals surface area contributed by atoms with Crippen molar-refractivity contribution in [3.8, 4) is 5.69 Å². The van der Waals surface area contributed by atoms with Crippen LogP contribution in [0.3, 0.4) is 0 Å². The van der Waals surface area contributed by atoms with Crippen LogP contribution in [0.2, 0.25) is 0 Å². The zero-order valence-corrected chi connectivity index (χ0v) is 18.1. The number of likely N-dealkylation sites (tertiary alicyclic amines) is 1. The van der Waals surface area contributed by atoms with Crippen LogP contribution in [0, 0.1) is 0 Å². The van der Waals surface area contributed by atoms with E-state index < -0.39 is 23.7 Å². The molecule has 2 saturated heterocycles. The summed E-state index contributed by atoms with van der Waals surface area (Å²) in [5.74, 6) is -0.178. The second-order valence-electron chi connectivity index (χ2n) is 7.65. The Kier molecular flexibility index (Phi) is 6.70. The smallest absolute Gasteiger partial charge is 0.336 e. The highest BCUT2D eigenvalue weighted by molar-refractivity contribution is 7.99. The lowest BCUT2D eigenvalue weighted by Crippen LogP contribution is -2.35. The number of urea groups is 1. The first-order valence-corrected chi connectivity index (χ1v) is 11.4. The van der Waals surface area contributed by atoms with Gasteiger partial charge in [0, 0.05) is 13.1 Å². The van der Waals surface area contributed by atoms with Crippen LogP contribution < -0.4 is 5.32 Å². The quantitative estimate of drug-likeness (QED) is 0.657. The Morgan fingerprint density at radius 3 is 2.53 bits per heavy atom. The molecule has 12 heteroatoms. The molecule has 0 radical (unpaired) electrons. The average molecular weight is 469 g/mol. The molecule has 0 saturated carbocycles. The summed E-state index contributed by atoms with van der Waals surface area (Å²) in [6, 6.07) is 4.80. The van der Waals surface area contributed by atoms with E-state index in [2.05, 4.69) is 20.4 Å². The number of hydrogen-bond acceptors (Lipinski definition) is 6. The van der Waals surface area contributed by atoms with E-state index in [4.69, 9.17) is 0 Å². The molecule has 0 bridgehead atoms. The molecule has 0 aliphatic carbocycles. The number of piperidine rings is 1. The average Bonchev–Trinajstić information content (AvgIpc) is 3.38. The Morgan fingerprint density at radius 1 is 1.09 bits per heavy atom. The number of aromatic nitrogens is 3. The first kappa shape index (κ1) is 22.6. The number of nitrogens with zero attached hydrogens (tertiary/aromatic N) is 5. The van der Waals surface area contributed by atoms with Crippen molar-refractivity contribution in [2.24, 2.45) is 0 Å². The molecule has 8 nitrogen and oxygen atoms in total. The zero-order valence-electron chi connectivity index (χ0n) is 17.3. The van der Waals surface area contributed by atoms with Gasteiger partial charge in [-0.15, -0.1) is 10.2 Å². The normalized spacial score (nSPS) is 17.6. The molecule has 3 heterocycles. The Bertz CT molecular complexity index is 990. The molecule has 0 atom stereocenters. The maximum atomic E-state index is 13.7. The van der Waals surface area contributed by atoms with Gasteiger partial charge in [0.25, 0.3) is 0 Å². The summed E-state index contributed by atoms with van der Waals surface area (Å²) in [6.45, 7) is 2.70. The van der Waals surface area contributed by atoms with E-state index in [1.807, 2.05) is 0 Å². The lowest BCUT2D eigenvalue weighted by Gasteiger charge is -2.26. The van der Waals surface area contributed by atoms with Crippen molar-refractivity contribution < 1.29 is 22.8 Å². The number of rotatable bonds is 6. The lowest BCUT2D eigenvalue weighted by atomic mass is 10.1. The van der Waals surface area contributed by atoms with E-state index in [0.29, 0.717) is 18.9 Å². The highest BCUT2D eigenvalue weighted by Crippen LogP contribution is 2.36. The van der Waals surface area contributed by atoms with Gasteiger partial charge in [0.05, 0.1) is 23.5 Å². The molecule has 0 spiro atoms. The fraction of sp³-hybridized carbons (Fsp3) is 0.500. The first-order chi connectivity index (χ1) is 15.3. The third kappa shape index (κ3) is 4.90. The molecular weight excluding hydrogens is 445 g/mol. The predicted molar refractivity (Wildman–Crippen MR) is 111 cm³/mol. The van der Waals surface area contributed by atoms with Crippen LogP contribution in [-0.4, -0.2) is 68.4 Å². The summed E-state index contributed by atoms with van der Waals surface area (Å²) in [6.07, 6.45) is -1.37. The molecule has 32 heavy (non-hydrogen) atoms. The van der Waals surface area contributed by atoms with Crippen molar-refractivity contribution in [2.45, 2.75) is 37.1 Å². The fourth-order valence-corrected chi connectivity index (χ4v) is 4.72. The van der Waals surface area contributed by atoms with Gasteiger partial charge in [-0.3, -0.25) is 19.2 Å². The minimum atomic E-state index is -4.56. The van der Waals surface area contributed by atoms with Crippen LogP contribution in [0.1, 0.15) is 30.7 Å². The molecule has 1 aromatic heterocycles. The second-order valence-corrected chi connectivity index (χ2v) is 8.59. The summed E-state index contributed by atoms with van der Waals surface area (Å²) in [5, 5.41) is 11.0. The molecule has 2 aliphatic rings. The Balaban J connectivity index is 1.65. The van der Waals surface area contributed by atoms with Gasteiger partial charge in [0.1, 0.15) is 0 Å². The van der Waals surface area contributed by atoms with Gasteiger partial charge in [-0.05, 0) is 38.1 Å². The number of halogens is 3. The number of nitrogens with one attached hydrogen (secondary N) is 1. The van der Waals surface area contributed by atoms with E-state index in [9.17, 15) is 22.8 Å². The topological polar surface area (TPSA) is 83.4 Å². The minimum Gasteiger partial charge on any atom is -0.336 e. The van der Waals surface area contributed by atoms with E-state index in [0.717, 1.165) is 55.1 Å². The molecule has 0 unspecified atom stereocenters. The van der Waals surface area contributed by atoms with Crippen molar-refractivity contribution in [1.29, 1.82) is 0 Å². The first-order valence-electron chi connectivity index (χ1n) is 10.4. The number of hydrogen-bond donors (Lipinski definition) is 1. The maximum absolute atomic E-state index is 13.7. The maximum Gasteiger partial charge on any atom is 0.418 e. The van der Waals surface area contributed by atoms with Crippen LogP contribution in [-0.2, 0) is 17.5 Å². The number of benzene rings is 1. The SMILES string of the molecule is O=C(CSc1nnc(CN2CCCCC2)n1-c1ccccc1C(F)(F)F)N1CCNC1=O. The fourth-order valence-electron chi connectivity index (χ4n) is 3.88. The Hall–Kier alpha value is -2.60. The van der Waals surface area contributed by atoms with Crippen LogP contribution in [0.5, 0.6) is 0 Å². The summed E-state index contributed by atoms with van der Waals surface area (Å²) >= 11 is 0.973. The highest BCUT2D eigenvalue weighted by atomic mass is 32.2. The number of carbonyl (C=O) groups excluding carboxylic acids is 2. The van der Waals surface area contributed by atoms with Gasteiger partial charge in [-0.2, -0.15) is 13.2 Å². The van der Waals surface area contributed by atoms with Crippen LogP contribution in [0.25, 0.3) is 5.69 Å². The van der Waals surface area contributed by atoms with Crippen LogP contribution in [0.4, 0.5) is 18.0 Å². The van der Waals surface area contributed by atoms with Gasteiger partial charge in [-0.1, -0.05) is 30.3 Å². The summed E-state index contributed by atoms with van der Waals surface area (Å²) in [4.78, 5) is 27.4. The third-order valence-electron chi connectivity index (χ3n) is 5.45. The third-order valence-corrected chi connectivity index (χ3v) is 6.36. The molecule has 2 aromatic rings. The molecule has 2 fully saturated rings. The van der Waals surface area contributed by atoms with E-state index in [1.54, 1.807) is 0 Å². The number of thioether (sulfide) groups is 1. The van der Waals surface area contributed by atoms with E-state index >= 15 is 0 Å².